The van der Waals surface area contributed by atoms with E-state index >= 15 is 0 Å². The Kier molecular flexibility index (Phi) is 3.05. The molecule has 0 aromatic carbocycles. The van der Waals surface area contributed by atoms with Gasteiger partial charge in [0.25, 0.3) is 0 Å². The summed E-state index contributed by atoms with van der Waals surface area (Å²) in [5, 5.41) is 4.32. The first kappa shape index (κ1) is 10.5. The number of rotatable bonds is 4. The fourth-order valence-corrected chi connectivity index (χ4v) is 1.49. The van der Waals surface area contributed by atoms with Crippen LogP contribution in [0.1, 0.15) is 23.7 Å². The maximum Gasteiger partial charge on any atom is 0.153 e. The number of aldehydes is 1. The Bertz CT molecular complexity index is 478. The summed E-state index contributed by atoms with van der Waals surface area (Å²) in [5.74, 6) is 0. The zero-order valence-electron chi connectivity index (χ0n) is 9.00. The van der Waals surface area contributed by atoms with Gasteiger partial charge in [0.2, 0.25) is 0 Å². The molecule has 82 valence electrons. The van der Waals surface area contributed by atoms with Gasteiger partial charge in [0, 0.05) is 25.1 Å². The zero-order chi connectivity index (χ0) is 11.4. The zero-order valence-corrected chi connectivity index (χ0v) is 9.00. The molecule has 0 N–H and O–H groups in total. The second kappa shape index (κ2) is 4.65. The van der Waals surface area contributed by atoms with Crippen LogP contribution in [0.4, 0.5) is 0 Å². The molecular formula is C11H12N4O. The largest absolute Gasteiger partial charge is 0.298 e. The number of hydrogen-bond acceptors (Lipinski definition) is 4. The van der Waals surface area contributed by atoms with Crippen molar-refractivity contribution in [2.45, 2.75) is 19.9 Å². The monoisotopic (exact) mass is 216 g/mol. The van der Waals surface area contributed by atoms with Gasteiger partial charge < -0.3 is 0 Å². The molecule has 16 heavy (non-hydrogen) atoms. The molecule has 5 nitrogen and oxygen atoms in total. The number of nitrogens with zero attached hydrogens (tertiary/aromatic N) is 4. The van der Waals surface area contributed by atoms with Crippen molar-refractivity contribution in [3.05, 3.63) is 30.4 Å². The van der Waals surface area contributed by atoms with E-state index in [2.05, 4.69) is 22.0 Å². The molecule has 2 aromatic rings. The molecule has 0 aliphatic heterocycles. The molecule has 0 bridgehead atoms. The van der Waals surface area contributed by atoms with Gasteiger partial charge in [-0.15, -0.1) is 0 Å². The van der Waals surface area contributed by atoms with Gasteiger partial charge >= 0.3 is 0 Å². The SMILES string of the molecule is CCCn1cc(C=O)c(-c2cnccn2)n1. The molecule has 0 saturated carbocycles. The van der Waals surface area contributed by atoms with Crippen molar-refractivity contribution >= 4 is 6.29 Å². The first-order valence-corrected chi connectivity index (χ1v) is 5.14. The van der Waals surface area contributed by atoms with Crippen molar-refractivity contribution < 1.29 is 4.79 Å². The van der Waals surface area contributed by atoms with Crippen LogP contribution in [-0.2, 0) is 6.54 Å². The van der Waals surface area contributed by atoms with Crippen molar-refractivity contribution in [1.82, 2.24) is 19.7 Å². The van der Waals surface area contributed by atoms with Crippen LogP contribution >= 0.6 is 0 Å². The normalized spacial score (nSPS) is 10.3. The minimum atomic E-state index is 0.550. The van der Waals surface area contributed by atoms with Crippen LogP contribution in [0, 0.1) is 0 Å². The van der Waals surface area contributed by atoms with E-state index in [0.29, 0.717) is 17.0 Å². The van der Waals surface area contributed by atoms with E-state index < -0.39 is 0 Å². The van der Waals surface area contributed by atoms with Gasteiger partial charge in [0.1, 0.15) is 11.4 Å². The van der Waals surface area contributed by atoms with Gasteiger partial charge in [-0.25, -0.2) is 0 Å². The van der Waals surface area contributed by atoms with Crippen LogP contribution in [0.15, 0.2) is 24.8 Å². The van der Waals surface area contributed by atoms with E-state index in [4.69, 9.17) is 0 Å². The molecule has 0 aliphatic carbocycles. The van der Waals surface area contributed by atoms with Crippen molar-refractivity contribution in [2.75, 3.05) is 0 Å². The highest BCUT2D eigenvalue weighted by Crippen LogP contribution is 2.17. The average Bonchev–Trinajstić information content (AvgIpc) is 2.74. The Labute approximate surface area is 93.2 Å². The third-order valence-corrected chi connectivity index (χ3v) is 2.18. The summed E-state index contributed by atoms with van der Waals surface area (Å²) in [6.45, 7) is 2.85. The fourth-order valence-electron chi connectivity index (χ4n) is 1.49. The molecule has 0 amide bonds. The fraction of sp³-hybridized carbons (Fsp3) is 0.273. The van der Waals surface area contributed by atoms with Crippen molar-refractivity contribution in [1.29, 1.82) is 0 Å². The quantitative estimate of drug-likeness (QED) is 0.728. The molecule has 2 aromatic heterocycles. The second-order valence-electron chi connectivity index (χ2n) is 3.40. The van der Waals surface area contributed by atoms with Gasteiger partial charge in [-0.05, 0) is 6.42 Å². The molecule has 0 radical (unpaired) electrons. The van der Waals surface area contributed by atoms with E-state index in [0.717, 1.165) is 19.3 Å². The highest BCUT2D eigenvalue weighted by Gasteiger charge is 2.11. The lowest BCUT2D eigenvalue weighted by Gasteiger charge is -1.96. The number of hydrogen-bond donors (Lipinski definition) is 0. The molecule has 0 spiro atoms. The van der Waals surface area contributed by atoms with Crippen LogP contribution < -0.4 is 0 Å². The Hall–Kier alpha value is -2.04. The van der Waals surface area contributed by atoms with Gasteiger partial charge in [-0.2, -0.15) is 5.10 Å². The van der Waals surface area contributed by atoms with Crippen molar-refractivity contribution in [3.8, 4) is 11.4 Å². The van der Waals surface area contributed by atoms with Crippen molar-refractivity contribution in [2.24, 2.45) is 0 Å². The predicted molar refractivity (Wildman–Crippen MR) is 58.9 cm³/mol. The average molecular weight is 216 g/mol. The molecule has 5 heteroatoms. The Balaban J connectivity index is 2.43. The number of carbonyl (C=O) groups excluding carboxylic acids is 1. The number of aryl methyl sites for hydroxylation is 1. The molecule has 2 heterocycles. The standard InChI is InChI=1S/C11H12N4O/c1-2-5-15-7-9(8-16)11(14-15)10-6-12-3-4-13-10/h3-4,6-8H,2,5H2,1H3. The first-order valence-electron chi connectivity index (χ1n) is 5.14. The highest BCUT2D eigenvalue weighted by atomic mass is 16.1. The summed E-state index contributed by atoms with van der Waals surface area (Å²) in [4.78, 5) is 19.0. The smallest absolute Gasteiger partial charge is 0.153 e. The van der Waals surface area contributed by atoms with E-state index in [-0.39, 0.29) is 0 Å². The molecule has 0 fully saturated rings. The lowest BCUT2D eigenvalue weighted by Crippen LogP contribution is -1.97. The molecule has 0 saturated heterocycles. The van der Waals surface area contributed by atoms with Crippen LogP contribution in [0.2, 0.25) is 0 Å². The molecule has 0 atom stereocenters. The van der Waals surface area contributed by atoms with Gasteiger partial charge in [0.15, 0.2) is 6.29 Å². The summed E-state index contributed by atoms with van der Waals surface area (Å²) in [6, 6.07) is 0. The summed E-state index contributed by atoms with van der Waals surface area (Å²) in [7, 11) is 0. The van der Waals surface area contributed by atoms with Crippen LogP contribution in [-0.4, -0.2) is 26.0 Å². The summed E-state index contributed by atoms with van der Waals surface area (Å²) in [5.41, 5.74) is 1.77. The lowest BCUT2D eigenvalue weighted by molar-refractivity contribution is 0.112. The lowest BCUT2D eigenvalue weighted by atomic mass is 10.2. The van der Waals surface area contributed by atoms with E-state index in [1.54, 1.807) is 29.5 Å². The second-order valence-corrected chi connectivity index (χ2v) is 3.40. The summed E-state index contributed by atoms with van der Waals surface area (Å²) < 4.78 is 1.76. The van der Waals surface area contributed by atoms with Crippen LogP contribution in [0.5, 0.6) is 0 Å². The minimum absolute atomic E-state index is 0.550. The Morgan fingerprint density at radius 3 is 2.94 bits per heavy atom. The molecule has 2 rings (SSSR count). The van der Waals surface area contributed by atoms with E-state index in [1.165, 1.54) is 0 Å². The minimum Gasteiger partial charge on any atom is -0.298 e. The Morgan fingerprint density at radius 2 is 2.31 bits per heavy atom. The summed E-state index contributed by atoms with van der Waals surface area (Å²) in [6.07, 6.45) is 8.28. The van der Waals surface area contributed by atoms with Gasteiger partial charge in [0.05, 0.1) is 11.8 Å². The van der Waals surface area contributed by atoms with Gasteiger partial charge in [-0.3, -0.25) is 19.4 Å². The van der Waals surface area contributed by atoms with Crippen molar-refractivity contribution in [3.63, 3.8) is 0 Å². The third kappa shape index (κ3) is 1.98. The number of carbonyl (C=O) groups is 1. The summed E-state index contributed by atoms with van der Waals surface area (Å²) >= 11 is 0. The first-order chi connectivity index (χ1) is 7.85. The maximum atomic E-state index is 10.9. The van der Waals surface area contributed by atoms with E-state index in [1.807, 2.05) is 0 Å². The van der Waals surface area contributed by atoms with E-state index in [9.17, 15) is 4.79 Å². The molecule has 0 unspecified atom stereocenters. The molecule has 0 aliphatic rings. The topological polar surface area (TPSA) is 60.7 Å². The highest BCUT2D eigenvalue weighted by molar-refractivity contribution is 5.84. The van der Waals surface area contributed by atoms with Crippen LogP contribution in [0.3, 0.4) is 0 Å². The van der Waals surface area contributed by atoms with Crippen LogP contribution in [0.25, 0.3) is 11.4 Å². The molecular weight excluding hydrogens is 204 g/mol. The predicted octanol–water partition coefficient (Wildman–Crippen LogP) is 1.56. The maximum absolute atomic E-state index is 10.9. The van der Waals surface area contributed by atoms with Gasteiger partial charge in [-0.1, -0.05) is 6.92 Å². The Morgan fingerprint density at radius 1 is 1.44 bits per heavy atom. The third-order valence-electron chi connectivity index (χ3n) is 2.18. The number of aromatic nitrogens is 4.